The van der Waals surface area contributed by atoms with Crippen molar-refractivity contribution < 1.29 is 9.84 Å². The third-order valence-electron chi connectivity index (χ3n) is 10.2. The van der Waals surface area contributed by atoms with Crippen LogP contribution in [0.25, 0.3) is 0 Å². The largest absolute Gasteiger partial charge is 0.387 e. The third-order valence-corrected chi connectivity index (χ3v) is 10.2. The second-order valence-electron chi connectivity index (χ2n) is 11.2. The van der Waals surface area contributed by atoms with E-state index in [0.29, 0.717) is 23.4 Å². The SMILES string of the molecule is C=C(CC)[C@H]1CC[C@H]2[C@@H]3CC[C@@H]4C[C@@](O)(COC)CC[C@]4(C)[C@H]3CC[C@]12C. The van der Waals surface area contributed by atoms with Crippen molar-refractivity contribution in [2.45, 2.75) is 90.6 Å². The van der Waals surface area contributed by atoms with Crippen molar-refractivity contribution in [3.05, 3.63) is 12.2 Å². The van der Waals surface area contributed by atoms with Crippen LogP contribution in [0.1, 0.15) is 85.0 Å². The summed E-state index contributed by atoms with van der Waals surface area (Å²) in [5, 5.41) is 11.0. The molecule has 0 radical (unpaired) electrons. The number of rotatable bonds is 4. The lowest BCUT2D eigenvalue weighted by molar-refractivity contribution is -0.161. The van der Waals surface area contributed by atoms with Gasteiger partial charge in [0.1, 0.15) is 0 Å². The number of ether oxygens (including phenoxy) is 1. The smallest absolute Gasteiger partial charge is 0.0883 e. The first kappa shape index (κ1) is 20.0. The Morgan fingerprint density at radius 1 is 1.00 bits per heavy atom. The van der Waals surface area contributed by atoms with E-state index in [1.807, 2.05) is 0 Å². The molecule has 154 valence electrons. The molecule has 4 aliphatic rings. The molecule has 2 heteroatoms. The molecule has 0 aromatic heterocycles. The van der Waals surface area contributed by atoms with Gasteiger partial charge in [0.15, 0.2) is 0 Å². The van der Waals surface area contributed by atoms with Crippen molar-refractivity contribution >= 4 is 0 Å². The molecule has 0 aromatic carbocycles. The van der Waals surface area contributed by atoms with E-state index in [-0.39, 0.29) is 0 Å². The molecule has 2 nitrogen and oxygen atoms in total. The molecular weight excluding hydrogens is 332 g/mol. The number of fused-ring (bicyclic) bond motifs is 5. The fourth-order valence-corrected chi connectivity index (χ4v) is 8.64. The van der Waals surface area contributed by atoms with Crippen molar-refractivity contribution in [3.8, 4) is 0 Å². The quantitative estimate of drug-likeness (QED) is 0.613. The molecule has 0 aliphatic heterocycles. The van der Waals surface area contributed by atoms with Gasteiger partial charge in [-0.05, 0) is 105 Å². The van der Waals surface area contributed by atoms with Crippen molar-refractivity contribution in [1.82, 2.24) is 0 Å². The van der Waals surface area contributed by atoms with Crippen molar-refractivity contribution in [3.63, 3.8) is 0 Å². The molecule has 0 bridgehead atoms. The zero-order valence-electron chi connectivity index (χ0n) is 18.2. The third kappa shape index (κ3) is 2.96. The summed E-state index contributed by atoms with van der Waals surface area (Å²) in [6, 6.07) is 0. The van der Waals surface area contributed by atoms with Gasteiger partial charge in [-0.1, -0.05) is 32.9 Å². The lowest BCUT2D eigenvalue weighted by Gasteiger charge is -2.62. The Hall–Kier alpha value is -0.340. The maximum Gasteiger partial charge on any atom is 0.0883 e. The van der Waals surface area contributed by atoms with Crippen molar-refractivity contribution in [1.29, 1.82) is 0 Å². The predicted molar refractivity (Wildman–Crippen MR) is 111 cm³/mol. The molecule has 0 unspecified atom stereocenters. The molecule has 0 heterocycles. The minimum Gasteiger partial charge on any atom is -0.387 e. The molecule has 4 saturated carbocycles. The average Bonchev–Trinajstić information content (AvgIpc) is 2.99. The van der Waals surface area contributed by atoms with E-state index in [4.69, 9.17) is 4.74 Å². The van der Waals surface area contributed by atoms with E-state index in [1.165, 1.54) is 50.5 Å². The first-order valence-corrected chi connectivity index (χ1v) is 11.7. The molecule has 27 heavy (non-hydrogen) atoms. The monoisotopic (exact) mass is 374 g/mol. The summed E-state index contributed by atoms with van der Waals surface area (Å²) in [5.41, 5.74) is 1.87. The van der Waals surface area contributed by atoms with E-state index in [9.17, 15) is 5.11 Å². The normalized spacial score (nSPS) is 52.0. The van der Waals surface area contributed by atoms with Crippen LogP contribution in [-0.4, -0.2) is 24.4 Å². The van der Waals surface area contributed by atoms with E-state index in [0.717, 1.165) is 42.9 Å². The van der Waals surface area contributed by atoms with E-state index >= 15 is 0 Å². The van der Waals surface area contributed by atoms with Crippen LogP contribution in [0.5, 0.6) is 0 Å². The highest BCUT2D eigenvalue weighted by Gasteiger charge is 2.61. The highest BCUT2D eigenvalue weighted by atomic mass is 16.5. The minimum atomic E-state index is -0.577. The predicted octanol–water partition coefficient (Wildman–Crippen LogP) is 5.99. The van der Waals surface area contributed by atoms with Gasteiger partial charge in [0, 0.05) is 7.11 Å². The van der Waals surface area contributed by atoms with Gasteiger partial charge in [-0.15, -0.1) is 0 Å². The highest BCUT2D eigenvalue weighted by molar-refractivity contribution is 5.16. The lowest BCUT2D eigenvalue weighted by Crippen LogP contribution is -2.56. The van der Waals surface area contributed by atoms with Crippen LogP contribution in [0.2, 0.25) is 0 Å². The van der Waals surface area contributed by atoms with Crippen molar-refractivity contribution in [2.24, 2.45) is 40.4 Å². The Labute approximate surface area is 167 Å². The van der Waals surface area contributed by atoms with Crippen LogP contribution >= 0.6 is 0 Å². The zero-order chi connectivity index (χ0) is 19.4. The van der Waals surface area contributed by atoms with Gasteiger partial charge in [0.25, 0.3) is 0 Å². The Balaban J connectivity index is 1.55. The van der Waals surface area contributed by atoms with Crippen LogP contribution in [0.4, 0.5) is 0 Å². The Bertz CT molecular complexity index is 585. The van der Waals surface area contributed by atoms with Gasteiger partial charge in [0.2, 0.25) is 0 Å². The van der Waals surface area contributed by atoms with Crippen LogP contribution in [0.3, 0.4) is 0 Å². The topological polar surface area (TPSA) is 29.5 Å². The zero-order valence-corrected chi connectivity index (χ0v) is 18.2. The van der Waals surface area contributed by atoms with Gasteiger partial charge in [-0.2, -0.15) is 0 Å². The summed E-state index contributed by atoms with van der Waals surface area (Å²) >= 11 is 0. The maximum absolute atomic E-state index is 11.0. The highest BCUT2D eigenvalue weighted by Crippen LogP contribution is 2.68. The number of methoxy groups -OCH3 is 1. The Morgan fingerprint density at radius 3 is 2.44 bits per heavy atom. The van der Waals surface area contributed by atoms with Crippen LogP contribution < -0.4 is 0 Å². The first-order chi connectivity index (χ1) is 12.8. The summed E-state index contributed by atoms with van der Waals surface area (Å²) in [6.45, 7) is 12.5. The molecule has 0 saturated heterocycles. The summed E-state index contributed by atoms with van der Waals surface area (Å²) in [4.78, 5) is 0. The van der Waals surface area contributed by atoms with Crippen LogP contribution in [0.15, 0.2) is 12.2 Å². The second kappa shape index (κ2) is 6.87. The molecule has 4 aliphatic carbocycles. The molecule has 0 spiro atoms. The van der Waals surface area contributed by atoms with E-state index < -0.39 is 5.60 Å². The lowest BCUT2D eigenvalue weighted by atomic mass is 9.43. The number of hydrogen-bond donors (Lipinski definition) is 1. The summed E-state index contributed by atoms with van der Waals surface area (Å²) in [7, 11) is 1.73. The van der Waals surface area contributed by atoms with E-state index in [2.05, 4.69) is 27.4 Å². The summed E-state index contributed by atoms with van der Waals surface area (Å²) in [5.74, 6) is 4.13. The Kier molecular flexibility index (Phi) is 5.08. The van der Waals surface area contributed by atoms with Crippen LogP contribution in [0, 0.1) is 40.4 Å². The average molecular weight is 375 g/mol. The number of hydrogen-bond acceptors (Lipinski definition) is 2. The van der Waals surface area contributed by atoms with Gasteiger partial charge in [-0.3, -0.25) is 0 Å². The van der Waals surface area contributed by atoms with Gasteiger partial charge in [0.05, 0.1) is 12.2 Å². The Morgan fingerprint density at radius 2 is 1.74 bits per heavy atom. The molecule has 0 amide bonds. The van der Waals surface area contributed by atoms with Gasteiger partial charge >= 0.3 is 0 Å². The summed E-state index contributed by atoms with van der Waals surface area (Å²) in [6.07, 6.45) is 12.5. The number of allylic oxidation sites excluding steroid dienone is 1. The molecule has 4 rings (SSSR count). The fraction of sp³-hybridized carbons (Fsp3) is 0.920. The van der Waals surface area contributed by atoms with Gasteiger partial charge in [-0.25, -0.2) is 0 Å². The minimum absolute atomic E-state index is 0.435. The van der Waals surface area contributed by atoms with Crippen LogP contribution in [-0.2, 0) is 4.74 Å². The molecule has 0 aromatic rings. The molecule has 1 N–H and O–H groups in total. The van der Waals surface area contributed by atoms with Gasteiger partial charge < -0.3 is 9.84 Å². The maximum atomic E-state index is 11.0. The molecular formula is C25H42O2. The summed E-state index contributed by atoms with van der Waals surface area (Å²) < 4.78 is 5.36. The van der Waals surface area contributed by atoms with E-state index in [1.54, 1.807) is 7.11 Å². The fourth-order valence-electron chi connectivity index (χ4n) is 8.64. The number of aliphatic hydroxyl groups is 1. The molecule has 8 atom stereocenters. The van der Waals surface area contributed by atoms with Crippen molar-refractivity contribution in [2.75, 3.05) is 13.7 Å². The molecule has 4 fully saturated rings. The second-order valence-corrected chi connectivity index (χ2v) is 11.2. The first-order valence-electron chi connectivity index (χ1n) is 11.7. The standard InChI is InChI=1S/C25H42O2/c1-6-17(2)20-9-10-21-19-8-7-18-15-25(26,16-27-5)14-13-23(18,3)22(19)11-12-24(20,21)4/h18-22,26H,2,6-16H2,1,3-5H3/t18-,19+,20-,21+,22+,23+,24-,25-/m1/s1.